The SMILES string of the molecule is CN(C)CCCN(C)c1ncccc1CBr. The number of halogens is 1. The zero-order valence-corrected chi connectivity index (χ0v) is 11.9. The minimum absolute atomic E-state index is 0.855. The summed E-state index contributed by atoms with van der Waals surface area (Å²) in [5.74, 6) is 1.08. The first-order valence-corrected chi connectivity index (χ1v) is 6.63. The molecule has 0 fully saturated rings. The van der Waals surface area contributed by atoms with Gasteiger partial charge in [-0.3, -0.25) is 0 Å². The minimum atomic E-state index is 0.855. The third-order valence-electron chi connectivity index (χ3n) is 2.47. The maximum Gasteiger partial charge on any atom is 0.132 e. The Hall–Kier alpha value is -0.610. The predicted octanol–water partition coefficient (Wildman–Crippen LogP) is 2.36. The Kier molecular flexibility index (Phi) is 5.77. The lowest BCUT2D eigenvalue weighted by atomic mass is 10.2. The predicted molar refractivity (Wildman–Crippen MR) is 73.3 cm³/mol. The van der Waals surface area contributed by atoms with E-state index in [0.29, 0.717) is 0 Å². The van der Waals surface area contributed by atoms with Crippen molar-refractivity contribution in [3.8, 4) is 0 Å². The molecule has 0 saturated heterocycles. The van der Waals surface area contributed by atoms with E-state index < -0.39 is 0 Å². The summed E-state index contributed by atoms with van der Waals surface area (Å²) in [6.07, 6.45) is 3.01. The van der Waals surface area contributed by atoms with Crippen LogP contribution in [-0.2, 0) is 5.33 Å². The third kappa shape index (κ3) is 4.10. The van der Waals surface area contributed by atoms with Gasteiger partial charge in [0.1, 0.15) is 5.82 Å². The number of anilines is 1. The van der Waals surface area contributed by atoms with Gasteiger partial charge in [0, 0.05) is 30.7 Å². The highest BCUT2D eigenvalue weighted by atomic mass is 79.9. The number of pyridine rings is 1. The normalized spacial score (nSPS) is 10.8. The lowest BCUT2D eigenvalue weighted by Crippen LogP contribution is -2.24. The van der Waals surface area contributed by atoms with Gasteiger partial charge >= 0.3 is 0 Å². The number of hydrogen-bond donors (Lipinski definition) is 0. The first-order chi connectivity index (χ1) is 7.65. The Balaban J connectivity index is 2.55. The van der Waals surface area contributed by atoms with E-state index >= 15 is 0 Å². The van der Waals surface area contributed by atoms with Crippen LogP contribution in [-0.4, -0.2) is 44.1 Å². The maximum absolute atomic E-state index is 4.43. The summed E-state index contributed by atoms with van der Waals surface area (Å²) in [5, 5.41) is 0.855. The minimum Gasteiger partial charge on any atom is -0.359 e. The summed E-state index contributed by atoms with van der Waals surface area (Å²) in [7, 11) is 6.31. The zero-order valence-electron chi connectivity index (χ0n) is 10.3. The average Bonchev–Trinajstić information content (AvgIpc) is 2.28. The molecule has 0 unspecified atom stereocenters. The smallest absolute Gasteiger partial charge is 0.132 e. The second-order valence-electron chi connectivity index (χ2n) is 4.20. The van der Waals surface area contributed by atoms with E-state index in [4.69, 9.17) is 0 Å². The van der Waals surface area contributed by atoms with Crippen molar-refractivity contribution >= 4 is 21.7 Å². The lowest BCUT2D eigenvalue weighted by molar-refractivity contribution is 0.401. The standard InChI is InChI=1S/C12H20BrN3/c1-15(2)8-5-9-16(3)12-11(10-13)6-4-7-14-12/h4,6-7H,5,8-10H2,1-3H3. The van der Waals surface area contributed by atoms with Crippen molar-refractivity contribution in [2.45, 2.75) is 11.8 Å². The Labute approximate surface area is 107 Å². The highest BCUT2D eigenvalue weighted by Gasteiger charge is 2.07. The van der Waals surface area contributed by atoms with Crippen LogP contribution in [0.15, 0.2) is 18.3 Å². The molecule has 3 nitrogen and oxygen atoms in total. The van der Waals surface area contributed by atoms with Crippen molar-refractivity contribution in [1.82, 2.24) is 9.88 Å². The van der Waals surface area contributed by atoms with Crippen molar-refractivity contribution in [3.63, 3.8) is 0 Å². The summed E-state index contributed by atoms with van der Waals surface area (Å²) < 4.78 is 0. The molecule has 0 atom stereocenters. The molecule has 0 radical (unpaired) electrons. The van der Waals surface area contributed by atoms with Crippen LogP contribution in [0.1, 0.15) is 12.0 Å². The van der Waals surface area contributed by atoms with E-state index in [2.05, 4.69) is 57.9 Å². The van der Waals surface area contributed by atoms with Crippen molar-refractivity contribution in [1.29, 1.82) is 0 Å². The second-order valence-corrected chi connectivity index (χ2v) is 4.76. The van der Waals surface area contributed by atoms with Gasteiger partial charge < -0.3 is 9.80 Å². The van der Waals surface area contributed by atoms with Crippen LogP contribution >= 0.6 is 15.9 Å². The molecule has 0 amide bonds. The quantitative estimate of drug-likeness (QED) is 0.748. The number of nitrogens with zero attached hydrogens (tertiary/aromatic N) is 3. The van der Waals surface area contributed by atoms with E-state index in [1.165, 1.54) is 5.56 Å². The molecular formula is C12H20BrN3. The fourth-order valence-corrected chi connectivity index (χ4v) is 2.05. The van der Waals surface area contributed by atoms with Gasteiger partial charge in [-0.25, -0.2) is 4.98 Å². The number of alkyl halides is 1. The van der Waals surface area contributed by atoms with Gasteiger partial charge in [0.15, 0.2) is 0 Å². The zero-order chi connectivity index (χ0) is 12.0. The van der Waals surface area contributed by atoms with Gasteiger partial charge in [0.25, 0.3) is 0 Å². The average molecular weight is 286 g/mol. The van der Waals surface area contributed by atoms with E-state index in [0.717, 1.165) is 30.7 Å². The molecule has 0 aliphatic rings. The fourth-order valence-electron chi connectivity index (χ4n) is 1.61. The van der Waals surface area contributed by atoms with Crippen LogP contribution < -0.4 is 4.90 Å². The summed E-state index contributed by atoms with van der Waals surface area (Å²) in [6.45, 7) is 2.15. The van der Waals surface area contributed by atoms with E-state index in [1.54, 1.807) is 0 Å². The molecule has 4 heteroatoms. The molecule has 0 saturated carbocycles. The highest BCUT2D eigenvalue weighted by molar-refractivity contribution is 9.08. The molecule has 0 aliphatic carbocycles. The molecule has 0 spiro atoms. The second kappa shape index (κ2) is 6.86. The monoisotopic (exact) mass is 285 g/mol. The molecule has 1 rings (SSSR count). The van der Waals surface area contributed by atoms with Crippen LogP contribution in [0.3, 0.4) is 0 Å². The van der Waals surface area contributed by atoms with Crippen LogP contribution in [0.5, 0.6) is 0 Å². The molecule has 16 heavy (non-hydrogen) atoms. The van der Waals surface area contributed by atoms with Crippen LogP contribution in [0.4, 0.5) is 5.82 Å². The molecular weight excluding hydrogens is 266 g/mol. The largest absolute Gasteiger partial charge is 0.359 e. The van der Waals surface area contributed by atoms with Crippen LogP contribution in [0.25, 0.3) is 0 Å². The first kappa shape index (κ1) is 13.5. The third-order valence-corrected chi connectivity index (χ3v) is 3.08. The van der Waals surface area contributed by atoms with Crippen molar-refractivity contribution in [3.05, 3.63) is 23.9 Å². The molecule has 0 aromatic carbocycles. The van der Waals surface area contributed by atoms with Gasteiger partial charge in [-0.2, -0.15) is 0 Å². The van der Waals surface area contributed by atoms with Crippen LogP contribution in [0, 0.1) is 0 Å². The van der Waals surface area contributed by atoms with Crippen molar-refractivity contribution in [2.75, 3.05) is 39.1 Å². The summed E-state index contributed by atoms with van der Waals surface area (Å²) in [4.78, 5) is 8.86. The number of hydrogen-bond acceptors (Lipinski definition) is 3. The maximum atomic E-state index is 4.43. The van der Waals surface area contributed by atoms with Gasteiger partial charge in [-0.15, -0.1) is 0 Å². The molecule has 0 aliphatic heterocycles. The van der Waals surface area contributed by atoms with E-state index in [9.17, 15) is 0 Å². The summed E-state index contributed by atoms with van der Waals surface area (Å²) in [5.41, 5.74) is 1.25. The van der Waals surface area contributed by atoms with Gasteiger partial charge in [-0.1, -0.05) is 22.0 Å². The number of aromatic nitrogens is 1. The Bertz CT molecular complexity index is 315. The van der Waals surface area contributed by atoms with Crippen molar-refractivity contribution < 1.29 is 0 Å². The summed E-state index contributed by atoms with van der Waals surface area (Å²) >= 11 is 3.49. The summed E-state index contributed by atoms with van der Waals surface area (Å²) in [6, 6.07) is 4.09. The van der Waals surface area contributed by atoms with E-state index in [1.807, 2.05) is 12.3 Å². The fraction of sp³-hybridized carbons (Fsp3) is 0.583. The molecule has 1 aromatic heterocycles. The molecule has 1 heterocycles. The Morgan fingerprint density at radius 2 is 2.00 bits per heavy atom. The van der Waals surface area contributed by atoms with Gasteiger partial charge in [-0.05, 0) is 33.1 Å². The lowest BCUT2D eigenvalue weighted by Gasteiger charge is -2.21. The Morgan fingerprint density at radius 3 is 2.62 bits per heavy atom. The molecule has 90 valence electrons. The molecule has 0 bridgehead atoms. The number of rotatable bonds is 6. The molecule has 1 aromatic rings. The van der Waals surface area contributed by atoms with Crippen LogP contribution in [0.2, 0.25) is 0 Å². The van der Waals surface area contributed by atoms with Gasteiger partial charge in [0.05, 0.1) is 0 Å². The van der Waals surface area contributed by atoms with Crippen molar-refractivity contribution in [2.24, 2.45) is 0 Å². The van der Waals surface area contributed by atoms with Gasteiger partial charge in [0.2, 0.25) is 0 Å². The Morgan fingerprint density at radius 1 is 1.25 bits per heavy atom. The topological polar surface area (TPSA) is 19.4 Å². The first-order valence-electron chi connectivity index (χ1n) is 5.51. The van der Waals surface area contributed by atoms with E-state index in [-0.39, 0.29) is 0 Å². The molecule has 0 N–H and O–H groups in total. The highest BCUT2D eigenvalue weighted by Crippen LogP contribution is 2.18.